The molecule has 0 radical (unpaired) electrons. The second-order valence-electron chi connectivity index (χ2n) is 4.95. The van der Waals surface area contributed by atoms with Gasteiger partial charge in [0.1, 0.15) is 0 Å². The van der Waals surface area contributed by atoms with Crippen LogP contribution in [0.3, 0.4) is 0 Å². The van der Waals surface area contributed by atoms with Crippen molar-refractivity contribution in [2.45, 2.75) is 32.3 Å². The summed E-state index contributed by atoms with van der Waals surface area (Å²) in [7, 11) is 0. The molecular formula is C11H18N4O3. The molecule has 0 atom stereocenters. The minimum Gasteiger partial charge on any atom is -0.408 e. The van der Waals surface area contributed by atoms with Crippen molar-refractivity contribution in [3.8, 4) is 0 Å². The standard InChI is InChI=1S/C11H18N4O3/c1-8-13-14-10(18-8)12-9(16)7-15-5-3-11(2,17)4-6-15/h17H,3-7H2,1-2H3,(H,12,14,16). The number of nitrogens with one attached hydrogen (secondary N) is 1. The van der Waals surface area contributed by atoms with Crippen LogP contribution in [0.15, 0.2) is 4.42 Å². The Morgan fingerprint density at radius 2 is 2.17 bits per heavy atom. The molecule has 0 saturated carbocycles. The first-order valence-corrected chi connectivity index (χ1v) is 5.99. The van der Waals surface area contributed by atoms with E-state index in [9.17, 15) is 9.90 Å². The number of hydrogen-bond donors (Lipinski definition) is 2. The van der Waals surface area contributed by atoms with Crippen molar-refractivity contribution >= 4 is 11.9 Å². The highest BCUT2D eigenvalue weighted by atomic mass is 16.4. The van der Waals surface area contributed by atoms with E-state index in [4.69, 9.17) is 4.42 Å². The van der Waals surface area contributed by atoms with E-state index in [1.54, 1.807) is 6.92 Å². The van der Waals surface area contributed by atoms with Crippen LogP contribution in [0.4, 0.5) is 6.01 Å². The largest absolute Gasteiger partial charge is 0.408 e. The molecular weight excluding hydrogens is 236 g/mol. The van der Waals surface area contributed by atoms with E-state index in [1.165, 1.54) is 0 Å². The van der Waals surface area contributed by atoms with Gasteiger partial charge in [0.05, 0.1) is 12.1 Å². The van der Waals surface area contributed by atoms with E-state index >= 15 is 0 Å². The summed E-state index contributed by atoms with van der Waals surface area (Å²) in [6, 6.07) is 0.126. The third-order valence-electron chi connectivity index (χ3n) is 3.07. The smallest absolute Gasteiger partial charge is 0.322 e. The zero-order valence-electron chi connectivity index (χ0n) is 10.6. The van der Waals surface area contributed by atoms with Crippen LogP contribution in [0.1, 0.15) is 25.7 Å². The van der Waals surface area contributed by atoms with Crippen molar-refractivity contribution < 1.29 is 14.3 Å². The Hall–Kier alpha value is -1.47. The van der Waals surface area contributed by atoms with E-state index in [2.05, 4.69) is 15.5 Å². The average molecular weight is 254 g/mol. The molecule has 0 unspecified atom stereocenters. The average Bonchev–Trinajstić information content (AvgIpc) is 2.67. The predicted molar refractivity (Wildman–Crippen MR) is 64.0 cm³/mol. The van der Waals surface area contributed by atoms with Crippen LogP contribution < -0.4 is 5.32 Å². The van der Waals surface area contributed by atoms with Crippen molar-refractivity contribution in [2.24, 2.45) is 0 Å². The highest BCUT2D eigenvalue weighted by Gasteiger charge is 2.28. The number of carbonyl (C=O) groups excluding carboxylic acids is 1. The van der Waals surface area contributed by atoms with Crippen LogP contribution >= 0.6 is 0 Å². The lowest BCUT2D eigenvalue weighted by atomic mass is 9.94. The lowest BCUT2D eigenvalue weighted by Gasteiger charge is -2.35. The second-order valence-corrected chi connectivity index (χ2v) is 4.95. The molecule has 2 rings (SSSR count). The molecule has 2 heterocycles. The molecule has 100 valence electrons. The van der Waals surface area contributed by atoms with Crippen molar-refractivity contribution in [3.63, 3.8) is 0 Å². The number of piperidine rings is 1. The molecule has 0 aromatic carbocycles. The van der Waals surface area contributed by atoms with E-state index in [1.807, 2.05) is 11.8 Å². The Morgan fingerprint density at radius 3 is 2.72 bits per heavy atom. The molecule has 7 nitrogen and oxygen atoms in total. The van der Waals surface area contributed by atoms with Crippen LogP contribution in [-0.4, -0.2) is 51.3 Å². The number of nitrogens with zero attached hydrogens (tertiary/aromatic N) is 3. The van der Waals surface area contributed by atoms with Crippen molar-refractivity contribution in [1.82, 2.24) is 15.1 Å². The number of hydrogen-bond acceptors (Lipinski definition) is 6. The number of anilines is 1. The molecule has 1 amide bonds. The van der Waals surface area contributed by atoms with Crippen molar-refractivity contribution in [2.75, 3.05) is 25.0 Å². The molecule has 0 spiro atoms. The third-order valence-corrected chi connectivity index (χ3v) is 3.07. The first-order chi connectivity index (χ1) is 8.44. The van der Waals surface area contributed by atoms with Gasteiger partial charge in [-0.1, -0.05) is 5.10 Å². The van der Waals surface area contributed by atoms with E-state index in [0.29, 0.717) is 31.8 Å². The molecule has 1 aromatic rings. The van der Waals surface area contributed by atoms with Gasteiger partial charge in [-0.05, 0) is 19.8 Å². The molecule has 0 bridgehead atoms. The van der Waals surface area contributed by atoms with Gasteiger partial charge in [0.2, 0.25) is 11.8 Å². The summed E-state index contributed by atoms with van der Waals surface area (Å²) in [6.07, 6.45) is 1.36. The summed E-state index contributed by atoms with van der Waals surface area (Å²) in [6.45, 7) is 5.19. The van der Waals surface area contributed by atoms with Gasteiger partial charge in [0, 0.05) is 20.0 Å². The van der Waals surface area contributed by atoms with Crippen LogP contribution in [0.2, 0.25) is 0 Å². The SMILES string of the molecule is Cc1nnc(NC(=O)CN2CCC(C)(O)CC2)o1. The van der Waals surface area contributed by atoms with Crippen molar-refractivity contribution in [3.05, 3.63) is 5.89 Å². The van der Waals surface area contributed by atoms with E-state index in [0.717, 1.165) is 0 Å². The van der Waals surface area contributed by atoms with Crippen LogP contribution in [0, 0.1) is 6.92 Å². The topological polar surface area (TPSA) is 91.5 Å². The molecule has 1 aliphatic heterocycles. The number of aliphatic hydroxyl groups is 1. The molecule has 2 N–H and O–H groups in total. The number of amides is 1. The molecule has 7 heteroatoms. The number of likely N-dealkylation sites (tertiary alicyclic amines) is 1. The monoisotopic (exact) mass is 254 g/mol. The lowest BCUT2D eigenvalue weighted by Crippen LogP contribution is -2.45. The highest BCUT2D eigenvalue weighted by molar-refractivity contribution is 5.90. The van der Waals surface area contributed by atoms with Gasteiger partial charge in [0.25, 0.3) is 0 Å². The number of rotatable bonds is 3. The maximum Gasteiger partial charge on any atom is 0.322 e. The maximum atomic E-state index is 11.7. The Bertz CT molecular complexity index is 420. The van der Waals surface area contributed by atoms with Gasteiger partial charge >= 0.3 is 6.01 Å². The molecule has 18 heavy (non-hydrogen) atoms. The van der Waals surface area contributed by atoms with Gasteiger partial charge in [-0.25, -0.2) is 0 Å². The van der Waals surface area contributed by atoms with Crippen molar-refractivity contribution in [1.29, 1.82) is 0 Å². The first kappa shape index (κ1) is 13.0. The molecule has 1 aliphatic rings. The Labute approximate surface area is 105 Å². The van der Waals surface area contributed by atoms with Gasteiger partial charge in [-0.15, -0.1) is 5.10 Å². The Kier molecular flexibility index (Phi) is 3.63. The van der Waals surface area contributed by atoms with Gasteiger partial charge in [0.15, 0.2) is 0 Å². The fraction of sp³-hybridized carbons (Fsp3) is 0.727. The summed E-state index contributed by atoms with van der Waals surface area (Å²) in [5.41, 5.74) is -0.601. The second kappa shape index (κ2) is 5.03. The summed E-state index contributed by atoms with van der Waals surface area (Å²) in [5.74, 6) is 0.236. The maximum absolute atomic E-state index is 11.7. The molecule has 1 aromatic heterocycles. The van der Waals surface area contributed by atoms with Gasteiger partial charge < -0.3 is 9.52 Å². The van der Waals surface area contributed by atoms with Crippen LogP contribution in [-0.2, 0) is 4.79 Å². The fourth-order valence-electron chi connectivity index (χ4n) is 1.90. The summed E-state index contributed by atoms with van der Waals surface area (Å²) < 4.78 is 5.06. The number of aromatic nitrogens is 2. The number of carbonyl (C=O) groups is 1. The van der Waals surface area contributed by atoms with Gasteiger partial charge in [-0.3, -0.25) is 15.0 Å². The summed E-state index contributed by atoms with van der Waals surface area (Å²) in [5, 5.41) is 19.7. The minimum absolute atomic E-state index is 0.126. The summed E-state index contributed by atoms with van der Waals surface area (Å²) >= 11 is 0. The fourth-order valence-corrected chi connectivity index (χ4v) is 1.90. The van der Waals surface area contributed by atoms with Crippen LogP contribution in [0.25, 0.3) is 0 Å². The quantitative estimate of drug-likeness (QED) is 0.798. The Balaban J connectivity index is 1.78. The van der Waals surface area contributed by atoms with Crippen LogP contribution in [0.5, 0.6) is 0 Å². The minimum atomic E-state index is -0.601. The third kappa shape index (κ3) is 3.51. The highest BCUT2D eigenvalue weighted by Crippen LogP contribution is 2.20. The molecule has 1 fully saturated rings. The zero-order chi connectivity index (χ0) is 13.2. The van der Waals surface area contributed by atoms with E-state index < -0.39 is 5.60 Å². The zero-order valence-corrected chi connectivity index (χ0v) is 10.6. The molecule has 0 aliphatic carbocycles. The van der Waals surface area contributed by atoms with E-state index in [-0.39, 0.29) is 18.5 Å². The molecule has 1 saturated heterocycles. The number of aryl methyl sites for hydroxylation is 1. The lowest BCUT2D eigenvalue weighted by molar-refractivity contribution is -0.118. The summed E-state index contributed by atoms with van der Waals surface area (Å²) in [4.78, 5) is 13.7. The first-order valence-electron chi connectivity index (χ1n) is 5.99. The Morgan fingerprint density at radius 1 is 1.50 bits per heavy atom. The predicted octanol–water partition coefficient (Wildman–Crippen LogP) is 0.163. The normalized spacial score (nSPS) is 19.7. The van der Waals surface area contributed by atoms with Gasteiger partial charge in [-0.2, -0.15) is 0 Å².